The number of hydrogen-bond donors (Lipinski definition) is 2. The Bertz CT molecular complexity index is 653. The minimum absolute atomic E-state index is 0. The number of rotatable bonds is 11. The summed E-state index contributed by atoms with van der Waals surface area (Å²) in [5.74, 6) is 3.66. The third-order valence-electron chi connectivity index (χ3n) is 5.35. The van der Waals surface area contributed by atoms with Crippen molar-refractivity contribution < 1.29 is 14.2 Å². The fraction of sp³-hybridized carbons (Fsp3) is 0.667. The van der Waals surface area contributed by atoms with Gasteiger partial charge in [-0.2, -0.15) is 0 Å². The molecule has 7 nitrogen and oxygen atoms in total. The van der Waals surface area contributed by atoms with E-state index in [1.54, 1.807) is 28.4 Å². The van der Waals surface area contributed by atoms with Crippen molar-refractivity contribution in [3.8, 4) is 17.2 Å². The van der Waals surface area contributed by atoms with Gasteiger partial charge in [0.15, 0.2) is 17.5 Å². The number of nitrogens with zero attached hydrogens (tertiary/aromatic N) is 2. The van der Waals surface area contributed by atoms with Crippen molar-refractivity contribution in [1.29, 1.82) is 0 Å². The molecule has 164 valence electrons. The fourth-order valence-corrected chi connectivity index (χ4v) is 3.46. The molecule has 0 radical (unpaired) electrons. The molecule has 0 spiro atoms. The van der Waals surface area contributed by atoms with Gasteiger partial charge in [-0.1, -0.05) is 0 Å². The molecule has 0 heterocycles. The lowest BCUT2D eigenvalue weighted by Gasteiger charge is -2.22. The molecular weight excluding hydrogens is 483 g/mol. The molecular formula is C21H35IN4O3. The highest BCUT2D eigenvalue weighted by atomic mass is 127. The van der Waals surface area contributed by atoms with E-state index in [2.05, 4.69) is 20.5 Å². The number of methoxy groups -OCH3 is 3. The van der Waals surface area contributed by atoms with Crippen molar-refractivity contribution in [1.82, 2.24) is 15.5 Å². The summed E-state index contributed by atoms with van der Waals surface area (Å²) >= 11 is 0. The van der Waals surface area contributed by atoms with Crippen molar-refractivity contribution in [3.63, 3.8) is 0 Å². The van der Waals surface area contributed by atoms with Gasteiger partial charge in [0, 0.05) is 39.3 Å². The van der Waals surface area contributed by atoms with Crippen molar-refractivity contribution in [2.75, 3.05) is 48.0 Å². The van der Waals surface area contributed by atoms with Crippen LogP contribution in [0.25, 0.3) is 0 Å². The largest absolute Gasteiger partial charge is 0.493 e. The van der Waals surface area contributed by atoms with E-state index in [-0.39, 0.29) is 24.0 Å². The van der Waals surface area contributed by atoms with E-state index >= 15 is 0 Å². The summed E-state index contributed by atoms with van der Waals surface area (Å²) in [6.07, 6.45) is 5.55. The Morgan fingerprint density at radius 2 is 1.69 bits per heavy atom. The minimum atomic E-state index is 0. The Morgan fingerprint density at radius 3 is 2.17 bits per heavy atom. The van der Waals surface area contributed by atoms with Crippen LogP contribution in [0.1, 0.15) is 31.2 Å². The number of ether oxygens (including phenoxy) is 3. The zero-order chi connectivity index (χ0) is 19.9. The van der Waals surface area contributed by atoms with Gasteiger partial charge in [-0.15, -0.1) is 24.0 Å². The topological polar surface area (TPSA) is 67.4 Å². The molecule has 0 unspecified atom stereocenters. The summed E-state index contributed by atoms with van der Waals surface area (Å²) in [6.45, 7) is 3.86. The molecule has 2 fully saturated rings. The Kier molecular flexibility index (Phi) is 9.61. The zero-order valence-electron chi connectivity index (χ0n) is 18.0. The van der Waals surface area contributed by atoms with Crippen LogP contribution in [0.3, 0.4) is 0 Å². The maximum atomic E-state index is 5.42. The number of halogens is 1. The highest BCUT2D eigenvalue weighted by Gasteiger charge is 2.33. The van der Waals surface area contributed by atoms with Gasteiger partial charge in [-0.25, -0.2) is 0 Å². The van der Waals surface area contributed by atoms with Crippen LogP contribution in [-0.2, 0) is 6.54 Å². The Balaban J connectivity index is 0.00000300. The quantitative estimate of drug-likeness (QED) is 0.267. The second-order valence-corrected chi connectivity index (χ2v) is 7.56. The van der Waals surface area contributed by atoms with E-state index in [0.717, 1.165) is 36.6 Å². The Morgan fingerprint density at radius 1 is 1.03 bits per heavy atom. The van der Waals surface area contributed by atoms with Crippen LogP contribution in [0, 0.1) is 5.92 Å². The van der Waals surface area contributed by atoms with Gasteiger partial charge < -0.3 is 24.8 Å². The van der Waals surface area contributed by atoms with Gasteiger partial charge in [0.1, 0.15) is 0 Å². The molecule has 1 aromatic rings. The van der Waals surface area contributed by atoms with Gasteiger partial charge in [-0.05, 0) is 49.3 Å². The van der Waals surface area contributed by atoms with Gasteiger partial charge in [0.25, 0.3) is 0 Å². The van der Waals surface area contributed by atoms with Gasteiger partial charge in [0.2, 0.25) is 5.75 Å². The predicted molar refractivity (Wildman–Crippen MR) is 127 cm³/mol. The van der Waals surface area contributed by atoms with Crippen LogP contribution < -0.4 is 24.8 Å². The molecule has 2 N–H and O–H groups in total. The van der Waals surface area contributed by atoms with Crippen molar-refractivity contribution in [3.05, 3.63) is 17.7 Å². The maximum Gasteiger partial charge on any atom is 0.203 e. The second-order valence-electron chi connectivity index (χ2n) is 7.56. The van der Waals surface area contributed by atoms with E-state index in [9.17, 15) is 0 Å². The van der Waals surface area contributed by atoms with E-state index < -0.39 is 0 Å². The standard InChI is InChI=1S/C21H34N4O3.HI/c1-22-21(23-9-10-25(17-7-8-17)14-15-5-6-15)24-13-16-11-18(26-2)20(28-4)19(12-16)27-3;/h11-12,15,17H,5-10,13-14H2,1-4H3,(H2,22,23,24);1H. The molecule has 2 saturated carbocycles. The highest BCUT2D eigenvalue weighted by Crippen LogP contribution is 2.38. The van der Waals surface area contributed by atoms with Crippen LogP contribution in [-0.4, -0.2) is 64.9 Å². The summed E-state index contributed by atoms with van der Waals surface area (Å²) in [5, 5.41) is 6.80. The molecule has 0 bridgehead atoms. The smallest absolute Gasteiger partial charge is 0.203 e. The lowest BCUT2D eigenvalue weighted by Crippen LogP contribution is -2.42. The first-order valence-corrected chi connectivity index (χ1v) is 10.2. The summed E-state index contributed by atoms with van der Waals surface area (Å²) in [7, 11) is 6.66. The number of aliphatic imine (C=N–C) groups is 1. The SMILES string of the molecule is CN=C(NCCN(CC1CC1)C1CC1)NCc1cc(OC)c(OC)c(OC)c1.I. The first-order valence-electron chi connectivity index (χ1n) is 10.2. The van der Waals surface area contributed by atoms with Crippen molar-refractivity contribution >= 4 is 29.9 Å². The summed E-state index contributed by atoms with van der Waals surface area (Å²) in [5.41, 5.74) is 1.03. The molecule has 0 amide bonds. The van der Waals surface area contributed by atoms with E-state index in [1.165, 1.54) is 32.2 Å². The zero-order valence-corrected chi connectivity index (χ0v) is 20.3. The van der Waals surface area contributed by atoms with Gasteiger partial charge in [-0.3, -0.25) is 9.89 Å². The van der Waals surface area contributed by atoms with Crippen LogP contribution >= 0.6 is 24.0 Å². The van der Waals surface area contributed by atoms with Crippen LogP contribution in [0.2, 0.25) is 0 Å². The number of benzene rings is 1. The molecule has 0 aromatic heterocycles. The van der Waals surface area contributed by atoms with Gasteiger partial charge in [0.05, 0.1) is 21.3 Å². The molecule has 2 aliphatic carbocycles. The first-order chi connectivity index (χ1) is 13.7. The summed E-state index contributed by atoms with van der Waals surface area (Å²) < 4.78 is 16.2. The predicted octanol–water partition coefficient (Wildman–Crippen LogP) is 2.87. The van der Waals surface area contributed by atoms with Gasteiger partial charge >= 0.3 is 0 Å². The van der Waals surface area contributed by atoms with Crippen LogP contribution in [0.5, 0.6) is 17.2 Å². The summed E-state index contributed by atoms with van der Waals surface area (Å²) in [6, 6.07) is 4.72. The van der Waals surface area contributed by atoms with Crippen molar-refractivity contribution in [2.24, 2.45) is 10.9 Å². The fourth-order valence-electron chi connectivity index (χ4n) is 3.46. The third kappa shape index (κ3) is 7.09. The average molecular weight is 518 g/mol. The molecule has 0 saturated heterocycles. The van der Waals surface area contributed by atoms with Crippen LogP contribution in [0.4, 0.5) is 0 Å². The second kappa shape index (κ2) is 11.7. The molecule has 8 heteroatoms. The van der Waals surface area contributed by atoms with E-state index in [4.69, 9.17) is 14.2 Å². The maximum absolute atomic E-state index is 5.42. The number of guanidine groups is 1. The lowest BCUT2D eigenvalue weighted by molar-refractivity contribution is 0.256. The number of nitrogens with one attached hydrogen (secondary N) is 2. The number of hydrogen-bond acceptors (Lipinski definition) is 5. The normalized spacial score (nSPS) is 16.2. The van der Waals surface area contributed by atoms with Crippen molar-refractivity contribution in [2.45, 2.75) is 38.3 Å². The first kappa shape index (κ1) is 23.9. The Hall–Kier alpha value is -1.42. The summed E-state index contributed by atoms with van der Waals surface area (Å²) in [4.78, 5) is 6.99. The molecule has 0 atom stereocenters. The van der Waals surface area contributed by atoms with E-state index in [0.29, 0.717) is 23.8 Å². The molecule has 3 rings (SSSR count). The molecule has 0 aliphatic heterocycles. The van der Waals surface area contributed by atoms with Crippen LogP contribution in [0.15, 0.2) is 17.1 Å². The van der Waals surface area contributed by atoms with E-state index in [1.807, 2.05) is 12.1 Å². The molecule has 2 aliphatic rings. The Labute approximate surface area is 191 Å². The molecule has 29 heavy (non-hydrogen) atoms. The molecule has 1 aromatic carbocycles. The monoisotopic (exact) mass is 518 g/mol. The third-order valence-corrected chi connectivity index (χ3v) is 5.35. The average Bonchev–Trinajstić information content (AvgIpc) is 3.62. The highest BCUT2D eigenvalue weighted by molar-refractivity contribution is 14.0. The lowest BCUT2D eigenvalue weighted by atomic mass is 10.2. The minimum Gasteiger partial charge on any atom is -0.493 e.